The van der Waals surface area contributed by atoms with E-state index in [4.69, 9.17) is 0 Å². The van der Waals surface area contributed by atoms with Gasteiger partial charge >= 0.3 is 0 Å². The summed E-state index contributed by atoms with van der Waals surface area (Å²) in [5.41, 5.74) is 0.213. The van der Waals surface area contributed by atoms with Crippen LogP contribution in [-0.4, -0.2) is 28.8 Å². The van der Waals surface area contributed by atoms with Gasteiger partial charge in [0.15, 0.2) is 0 Å². The molecule has 0 aromatic heterocycles. The zero-order valence-electron chi connectivity index (χ0n) is 10.8. The van der Waals surface area contributed by atoms with Gasteiger partial charge in [-0.1, -0.05) is 13.8 Å². The van der Waals surface area contributed by atoms with Crippen LogP contribution >= 0.6 is 12.1 Å². The van der Waals surface area contributed by atoms with Gasteiger partial charge in [-0.05, 0) is 33.7 Å². The van der Waals surface area contributed by atoms with Crippen molar-refractivity contribution in [3.8, 4) is 0 Å². The van der Waals surface area contributed by atoms with E-state index >= 15 is 0 Å². The highest BCUT2D eigenvalue weighted by Gasteiger charge is 2.30. The van der Waals surface area contributed by atoms with Crippen LogP contribution in [-0.2, 0) is 0 Å². The monoisotopic (exact) mass is 235 g/mol. The van der Waals surface area contributed by atoms with Gasteiger partial charge in [-0.3, -0.25) is 4.90 Å². The molecule has 1 saturated heterocycles. The molecule has 0 aromatic carbocycles. The van der Waals surface area contributed by atoms with E-state index in [1.165, 1.54) is 0 Å². The number of hydrogen-bond donors (Lipinski definition) is 0. The molecule has 1 rings (SSSR count). The first-order valence-electron chi connectivity index (χ1n) is 5.56. The maximum atomic E-state index is 12.1. The summed E-state index contributed by atoms with van der Waals surface area (Å²) < 4.78 is 12.1. The lowest BCUT2D eigenvalue weighted by Crippen LogP contribution is -2.39. The Bertz CT molecular complexity index is 145. The third-order valence-corrected chi connectivity index (χ3v) is 2.86. The summed E-state index contributed by atoms with van der Waals surface area (Å²) in [5, 5.41) is 0.217. The van der Waals surface area contributed by atoms with Crippen LogP contribution in [0, 0.1) is 0 Å². The SMILES string of the molecule is C=C.CC.CC(C)(C)N1CCC(SF)C1. The minimum absolute atomic E-state index is 0.213. The van der Waals surface area contributed by atoms with Crippen molar-refractivity contribution in [3.05, 3.63) is 13.2 Å². The van der Waals surface area contributed by atoms with E-state index in [-0.39, 0.29) is 10.8 Å². The van der Waals surface area contributed by atoms with Gasteiger partial charge in [0.2, 0.25) is 0 Å². The van der Waals surface area contributed by atoms with Gasteiger partial charge in [0, 0.05) is 24.2 Å². The summed E-state index contributed by atoms with van der Waals surface area (Å²) in [5.74, 6) is 0. The predicted octanol–water partition coefficient (Wildman–Crippen LogP) is 4.31. The van der Waals surface area contributed by atoms with Gasteiger partial charge in [0.1, 0.15) is 0 Å². The van der Waals surface area contributed by atoms with Crippen molar-refractivity contribution in [2.75, 3.05) is 13.1 Å². The van der Waals surface area contributed by atoms with Gasteiger partial charge in [-0.15, -0.1) is 13.2 Å². The van der Waals surface area contributed by atoms with Gasteiger partial charge in [-0.2, -0.15) is 3.89 Å². The number of nitrogens with zero attached hydrogens (tertiary/aromatic N) is 1. The standard InChI is InChI=1S/C8H16FNS.C2H6.C2H4/c1-8(2,3)10-5-4-7(6-10)11-9;2*1-2/h7H,4-6H2,1-3H3;1-2H3;1-2H2. The van der Waals surface area contributed by atoms with Crippen molar-refractivity contribution in [2.24, 2.45) is 0 Å². The third kappa shape index (κ3) is 6.96. The van der Waals surface area contributed by atoms with E-state index in [1.807, 2.05) is 13.8 Å². The quantitative estimate of drug-likeness (QED) is 0.623. The molecule has 0 N–H and O–H groups in total. The number of likely N-dealkylation sites (tertiary alicyclic amines) is 1. The molecule has 1 fully saturated rings. The van der Waals surface area contributed by atoms with Crippen LogP contribution in [0.5, 0.6) is 0 Å². The lowest BCUT2D eigenvalue weighted by Gasteiger charge is -2.31. The predicted molar refractivity (Wildman–Crippen MR) is 71.0 cm³/mol. The average Bonchev–Trinajstić information content (AvgIpc) is 2.71. The third-order valence-electron chi connectivity index (χ3n) is 2.22. The molecule has 1 unspecified atom stereocenters. The Labute approximate surface area is 99.4 Å². The molecule has 1 nitrogen and oxygen atoms in total. The normalized spacial score (nSPS) is 21.1. The van der Waals surface area contributed by atoms with E-state index in [1.54, 1.807) is 0 Å². The molecule has 92 valence electrons. The van der Waals surface area contributed by atoms with Gasteiger partial charge in [0.25, 0.3) is 0 Å². The molecule has 0 aliphatic carbocycles. The minimum atomic E-state index is 0.213. The largest absolute Gasteiger partial charge is 0.297 e. The fraction of sp³-hybridized carbons (Fsp3) is 0.833. The van der Waals surface area contributed by atoms with Crippen LogP contribution in [0.2, 0.25) is 0 Å². The summed E-state index contributed by atoms with van der Waals surface area (Å²) in [4.78, 5) is 2.34. The van der Waals surface area contributed by atoms with Crippen molar-refractivity contribution in [1.82, 2.24) is 4.90 Å². The van der Waals surface area contributed by atoms with Crippen molar-refractivity contribution < 1.29 is 3.89 Å². The second-order valence-corrected chi connectivity index (χ2v) is 4.96. The van der Waals surface area contributed by atoms with E-state index in [2.05, 4.69) is 38.8 Å². The first-order chi connectivity index (χ1) is 7.04. The lowest BCUT2D eigenvalue weighted by molar-refractivity contribution is 0.175. The summed E-state index contributed by atoms with van der Waals surface area (Å²) in [7, 11) is 0. The average molecular weight is 235 g/mol. The number of hydrogen-bond acceptors (Lipinski definition) is 2. The van der Waals surface area contributed by atoms with Crippen LogP contribution in [0.25, 0.3) is 0 Å². The molecule has 0 bridgehead atoms. The summed E-state index contributed by atoms with van der Waals surface area (Å²) >= 11 is 0.511. The first kappa shape index (κ1) is 17.4. The van der Waals surface area contributed by atoms with E-state index in [9.17, 15) is 3.89 Å². The van der Waals surface area contributed by atoms with Crippen LogP contribution in [0.3, 0.4) is 0 Å². The van der Waals surface area contributed by atoms with Crippen molar-refractivity contribution >= 4 is 12.1 Å². The minimum Gasteiger partial charge on any atom is -0.297 e. The molecule has 0 amide bonds. The van der Waals surface area contributed by atoms with E-state index in [0.717, 1.165) is 19.5 Å². The zero-order valence-corrected chi connectivity index (χ0v) is 11.7. The van der Waals surface area contributed by atoms with E-state index in [0.29, 0.717) is 12.1 Å². The van der Waals surface area contributed by atoms with Crippen LogP contribution < -0.4 is 0 Å². The Kier molecular flexibility index (Phi) is 10.7. The Balaban J connectivity index is 0. The summed E-state index contributed by atoms with van der Waals surface area (Å²) in [6.45, 7) is 18.5. The van der Waals surface area contributed by atoms with Crippen molar-refractivity contribution in [1.29, 1.82) is 0 Å². The number of halogens is 1. The highest BCUT2D eigenvalue weighted by atomic mass is 32.2. The maximum absolute atomic E-state index is 12.1. The second-order valence-electron chi connectivity index (χ2n) is 4.12. The van der Waals surface area contributed by atoms with Crippen molar-refractivity contribution in [3.63, 3.8) is 0 Å². The van der Waals surface area contributed by atoms with Gasteiger partial charge < -0.3 is 0 Å². The molecule has 1 aliphatic heterocycles. The highest BCUT2D eigenvalue weighted by Crippen LogP contribution is 2.27. The summed E-state index contributed by atoms with van der Waals surface area (Å²) in [6.07, 6.45) is 0.998. The second kappa shape index (κ2) is 9.22. The first-order valence-corrected chi connectivity index (χ1v) is 6.34. The fourth-order valence-corrected chi connectivity index (χ4v) is 1.84. The molecule has 0 spiro atoms. The Morgan fingerprint density at radius 3 is 1.93 bits per heavy atom. The topological polar surface area (TPSA) is 3.24 Å². The molecule has 1 atom stereocenters. The van der Waals surface area contributed by atoms with Gasteiger partial charge in [0.05, 0.1) is 5.25 Å². The molecule has 0 aromatic rings. The smallest absolute Gasteiger partial charge is 0.0503 e. The van der Waals surface area contributed by atoms with Crippen LogP contribution in [0.4, 0.5) is 3.89 Å². The highest BCUT2D eigenvalue weighted by molar-refractivity contribution is 7.94. The molecular weight excluding hydrogens is 209 g/mol. The molecule has 3 heteroatoms. The van der Waals surface area contributed by atoms with E-state index < -0.39 is 0 Å². The molecule has 0 radical (unpaired) electrons. The fourth-order valence-electron chi connectivity index (χ4n) is 1.41. The van der Waals surface area contributed by atoms with Gasteiger partial charge in [-0.25, -0.2) is 0 Å². The summed E-state index contributed by atoms with van der Waals surface area (Å²) in [6, 6.07) is 0. The zero-order chi connectivity index (χ0) is 12.5. The molecule has 1 heterocycles. The van der Waals surface area contributed by atoms with Crippen LogP contribution in [0.1, 0.15) is 41.0 Å². The lowest BCUT2D eigenvalue weighted by atomic mass is 10.1. The molecule has 15 heavy (non-hydrogen) atoms. The van der Waals surface area contributed by atoms with Crippen molar-refractivity contribution in [2.45, 2.75) is 51.8 Å². The Morgan fingerprint density at radius 1 is 1.27 bits per heavy atom. The molecule has 1 aliphatic rings. The number of rotatable bonds is 1. The molecule has 0 saturated carbocycles. The Hall–Kier alpha value is -0.0200. The molecular formula is C12H26FNS. The maximum Gasteiger partial charge on any atom is 0.0503 e. The van der Waals surface area contributed by atoms with Crippen LogP contribution in [0.15, 0.2) is 13.2 Å². The Morgan fingerprint density at radius 2 is 1.73 bits per heavy atom.